The van der Waals surface area contributed by atoms with Crippen molar-refractivity contribution < 1.29 is 13.9 Å². The summed E-state index contributed by atoms with van der Waals surface area (Å²) >= 11 is 0. The molecule has 152 valence electrons. The number of nitriles is 1. The molecule has 1 aliphatic rings. The molecule has 0 fully saturated rings. The molecule has 4 nitrogen and oxygen atoms in total. The predicted octanol–water partition coefficient (Wildman–Crippen LogP) is 5.73. The fraction of sp³-hybridized carbons (Fsp3) is 0.417. The highest BCUT2D eigenvalue weighted by Crippen LogP contribution is 2.44. The van der Waals surface area contributed by atoms with Crippen LogP contribution in [0.1, 0.15) is 57.2 Å². The number of fused-ring (bicyclic) bond motifs is 1. The molecular weight excluding hydrogens is 367 g/mol. The number of hydrogen-bond acceptors (Lipinski definition) is 3. The molecular formula is C24H27FN2O2. The molecule has 1 atom stereocenters. The maximum atomic E-state index is 13.2. The Morgan fingerprint density at radius 1 is 1.21 bits per heavy atom. The molecule has 0 N–H and O–H groups in total. The number of amides is 1. The molecule has 1 aliphatic heterocycles. The van der Waals surface area contributed by atoms with Gasteiger partial charge < -0.3 is 4.74 Å². The zero-order valence-electron chi connectivity index (χ0n) is 17.5. The quantitative estimate of drug-likeness (QED) is 0.665. The summed E-state index contributed by atoms with van der Waals surface area (Å²) in [7, 11) is 0. The van der Waals surface area contributed by atoms with E-state index in [-0.39, 0.29) is 17.3 Å². The zero-order chi connectivity index (χ0) is 21.2. The predicted molar refractivity (Wildman–Crippen MR) is 111 cm³/mol. The minimum Gasteiger partial charge on any atom is -0.443 e. The van der Waals surface area contributed by atoms with Crippen LogP contribution in [0.2, 0.25) is 0 Å². The van der Waals surface area contributed by atoms with Crippen molar-refractivity contribution in [3.05, 3.63) is 65.0 Å². The van der Waals surface area contributed by atoms with Gasteiger partial charge in [0, 0.05) is 18.4 Å². The van der Waals surface area contributed by atoms with Crippen molar-refractivity contribution in [1.29, 1.82) is 5.26 Å². The van der Waals surface area contributed by atoms with Gasteiger partial charge in [-0.15, -0.1) is 0 Å². The summed E-state index contributed by atoms with van der Waals surface area (Å²) in [6.45, 7) is 8.12. The Labute approximate surface area is 171 Å². The van der Waals surface area contributed by atoms with E-state index in [0.717, 1.165) is 22.4 Å². The SMILES string of the molecule is CC(C)(C)OC(=O)N1C[C@@](C)(CCC#N)c2ccc(Cc3ccc(F)cc3)cc21. The first-order valence-electron chi connectivity index (χ1n) is 9.87. The number of hydrogen-bond donors (Lipinski definition) is 0. The van der Waals surface area contributed by atoms with E-state index in [4.69, 9.17) is 10.00 Å². The largest absolute Gasteiger partial charge is 0.443 e. The van der Waals surface area contributed by atoms with Crippen molar-refractivity contribution in [2.75, 3.05) is 11.4 Å². The van der Waals surface area contributed by atoms with Crippen LogP contribution in [0.5, 0.6) is 0 Å². The molecule has 0 aliphatic carbocycles. The topological polar surface area (TPSA) is 53.3 Å². The van der Waals surface area contributed by atoms with E-state index < -0.39 is 5.60 Å². The van der Waals surface area contributed by atoms with E-state index >= 15 is 0 Å². The van der Waals surface area contributed by atoms with E-state index in [1.54, 1.807) is 17.0 Å². The standard InChI is InChI=1S/C24H27FN2O2/c1-23(2,3)29-22(28)27-16-24(4,12-5-13-26)20-11-8-18(15-21(20)27)14-17-6-9-19(25)10-7-17/h6-11,15H,5,12,14,16H2,1-4H3/t24-/m1/s1. The van der Waals surface area contributed by atoms with Crippen LogP contribution in [-0.4, -0.2) is 18.2 Å². The van der Waals surface area contributed by atoms with Crippen LogP contribution in [0.3, 0.4) is 0 Å². The van der Waals surface area contributed by atoms with Crippen LogP contribution in [0.15, 0.2) is 42.5 Å². The smallest absolute Gasteiger partial charge is 0.414 e. The molecule has 3 rings (SSSR count). The average Bonchev–Trinajstić information content (AvgIpc) is 2.94. The number of carbonyl (C=O) groups excluding carboxylic acids is 1. The van der Waals surface area contributed by atoms with Gasteiger partial charge >= 0.3 is 6.09 Å². The molecule has 1 amide bonds. The van der Waals surface area contributed by atoms with Crippen molar-refractivity contribution in [1.82, 2.24) is 0 Å². The molecule has 0 unspecified atom stereocenters. The van der Waals surface area contributed by atoms with E-state index in [9.17, 15) is 9.18 Å². The summed E-state index contributed by atoms with van der Waals surface area (Å²) in [6.07, 6.45) is 1.37. The van der Waals surface area contributed by atoms with Gasteiger partial charge in [-0.05, 0) is 68.5 Å². The summed E-state index contributed by atoms with van der Waals surface area (Å²) in [5.74, 6) is -0.257. The van der Waals surface area contributed by atoms with Crippen molar-refractivity contribution in [3.63, 3.8) is 0 Å². The zero-order valence-corrected chi connectivity index (χ0v) is 17.5. The molecule has 0 saturated heterocycles. The van der Waals surface area contributed by atoms with Crippen LogP contribution >= 0.6 is 0 Å². The van der Waals surface area contributed by atoms with Gasteiger partial charge in [-0.2, -0.15) is 5.26 Å². The number of ether oxygens (including phenoxy) is 1. The third kappa shape index (κ3) is 4.76. The number of benzene rings is 2. The van der Waals surface area contributed by atoms with Crippen LogP contribution in [0, 0.1) is 17.1 Å². The summed E-state index contributed by atoms with van der Waals surface area (Å²) in [6, 6.07) is 14.8. The van der Waals surface area contributed by atoms with Crippen LogP contribution in [-0.2, 0) is 16.6 Å². The van der Waals surface area contributed by atoms with Gasteiger partial charge in [0.25, 0.3) is 0 Å². The summed E-state index contributed by atoms with van der Waals surface area (Å²) in [5, 5.41) is 9.06. The fourth-order valence-electron chi connectivity index (χ4n) is 3.80. The molecule has 29 heavy (non-hydrogen) atoms. The van der Waals surface area contributed by atoms with Crippen LogP contribution in [0.25, 0.3) is 0 Å². The monoisotopic (exact) mass is 394 g/mol. The van der Waals surface area contributed by atoms with Crippen LogP contribution in [0.4, 0.5) is 14.9 Å². The number of nitrogens with zero attached hydrogens (tertiary/aromatic N) is 2. The molecule has 0 aromatic heterocycles. The summed E-state index contributed by atoms with van der Waals surface area (Å²) < 4.78 is 18.8. The molecule has 0 spiro atoms. The van der Waals surface area contributed by atoms with E-state index in [0.29, 0.717) is 25.8 Å². The Morgan fingerprint density at radius 3 is 2.48 bits per heavy atom. The van der Waals surface area contributed by atoms with Gasteiger partial charge in [0.05, 0.1) is 11.8 Å². The summed E-state index contributed by atoms with van der Waals surface area (Å²) in [4.78, 5) is 14.6. The number of anilines is 1. The maximum Gasteiger partial charge on any atom is 0.414 e. The lowest BCUT2D eigenvalue weighted by molar-refractivity contribution is 0.0578. The lowest BCUT2D eigenvalue weighted by atomic mass is 9.80. The molecule has 5 heteroatoms. The first kappa shape index (κ1) is 20.9. The number of halogens is 1. The second kappa shape index (κ2) is 7.87. The third-order valence-electron chi connectivity index (χ3n) is 5.23. The molecule has 0 bridgehead atoms. The Hall–Kier alpha value is -2.87. The fourth-order valence-corrected chi connectivity index (χ4v) is 3.80. The Balaban J connectivity index is 1.95. The second-order valence-corrected chi connectivity index (χ2v) is 8.94. The Morgan fingerprint density at radius 2 is 1.86 bits per heavy atom. The van der Waals surface area contributed by atoms with E-state index in [2.05, 4.69) is 19.1 Å². The Kier molecular flexibility index (Phi) is 5.66. The van der Waals surface area contributed by atoms with Gasteiger partial charge in [-0.3, -0.25) is 4.90 Å². The maximum absolute atomic E-state index is 13.2. The van der Waals surface area contributed by atoms with Crippen molar-refractivity contribution in [2.45, 2.75) is 58.0 Å². The molecule has 0 radical (unpaired) electrons. The normalized spacial score (nSPS) is 18.3. The number of carbonyl (C=O) groups is 1. The van der Waals surface area contributed by atoms with Crippen molar-refractivity contribution in [3.8, 4) is 6.07 Å². The summed E-state index contributed by atoms with van der Waals surface area (Å²) in [5.41, 5.74) is 3.04. The van der Waals surface area contributed by atoms with E-state index in [1.165, 1.54) is 12.1 Å². The van der Waals surface area contributed by atoms with Crippen LogP contribution < -0.4 is 4.90 Å². The molecule has 2 aromatic carbocycles. The van der Waals surface area contributed by atoms with Gasteiger partial charge in [-0.1, -0.05) is 31.2 Å². The lowest BCUT2D eigenvalue weighted by Gasteiger charge is -2.27. The minimum absolute atomic E-state index is 0.257. The molecule has 0 saturated carbocycles. The first-order valence-corrected chi connectivity index (χ1v) is 9.87. The van der Waals surface area contributed by atoms with Gasteiger partial charge in [0.15, 0.2) is 0 Å². The highest BCUT2D eigenvalue weighted by Gasteiger charge is 2.42. The highest BCUT2D eigenvalue weighted by molar-refractivity contribution is 5.92. The third-order valence-corrected chi connectivity index (χ3v) is 5.23. The van der Waals surface area contributed by atoms with Gasteiger partial charge in [0.2, 0.25) is 0 Å². The Bertz CT molecular complexity index is 941. The first-order chi connectivity index (χ1) is 13.6. The second-order valence-electron chi connectivity index (χ2n) is 8.94. The van der Waals surface area contributed by atoms with E-state index in [1.807, 2.05) is 32.9 Å². The van der Waals surface area contributed by atoms with Crippen molar-refractivity contribution >= 4 is 11.8 Å². The highest BCUT2D eigenvalue weighted by atomic mass is 19.1. The molecule has 1 heterocycles. The lowest BCUT2D eigenvalue weighted by Crippen LogP contribution is -2.39. The van der Waals surface area contributed by atoms with Gasteiger partial charge in [0.1, 0.15) is 11.4 Å². The minimum atomic E-state index is -0.589. The van der Waals surface area contributed by atoms with Gasteiger partial charge in [-0.25, -0.2) is 9.18 Å². The average molecular weight is 394 g/mol. The molecule has 2 aromatic rings. The number of rotatable bonds is 4. The van der Waals surface area contributed by atoms with Crippen molar-refractivity contribution in [2.24, 2.45) is 0 Å².